The summed E-state index contributed by atoms with van der Waals surface area (Å²) in [7, 11) is -4.28. The molecule has 0 aliphatic carbocycles. The average Bonchev–Trinajstić information content (AvgIpc) is 3.00. The van der Waals surface area contributed by atoms with Crippen LogP contribution in [-0.4, -0.2) is 77.7 Å². The second-order valence-corrected chi connectivity index (χ2v) is 21.7. The van der Waals surface area contributed by atoms with Gasteiger partial charge in [0.25, 0.3) is 5.95 Å². The summed E-state index contributed by atoms with van der Waals surface area (Å²) in [6.45, 7) is 20.3. The molecule has 178 valence electrons. The van der Waals surface area contributed by atoms with Crippen LogP contribution in [0.15, 0.2) is 12.5 Å². The van der Waals surface area contributed by atoms with Crippen LogP contribution in [0.4, 0.5) is 0 Å². The van der Waals surface area contributed by atoms with Gasteiger partial charge in [-0.1, -0.05) is 0 Å². The molecule has 1 saturated heterocycles. The predicted molar refractivity (Wildman–Crippen MR) is 127 cm³/mol. The summed E-state index contributed by atoms with van der Waals surface area (Å²) in [4.78, 5) is 0. The summed E-state index contributed by atoms with van der Waals surface area (Å²) < 4.78 is 40.4. The van der Waals surface area contributed by atoms with Crippen LogP contribution in [0.25, 0.3) is 0 Å². The molecule has 0 radical (unpaired) electrons. The Hall–Kier alpha value is -0.209. The van der Waals surface area contributed by atoms with Gasteiger partial charge < -0.3 is 31.9 Å². The number of methoxy groups -OCH3 is 1. The topological polar surface area (TPSA) is 64.6 Å². The normalized spacial score (nSPS) is 17.8. The number of ether oxygens (including phenoxy) is 5. The highest BCUT2D eigenvalue weighted by Gasteiger charge is 2.39. The highest BCUT2D eigenvalue weighted by Crippen LogP contribution is 2.24. The van der Waals surface area contributed by atoms with E-state index in [-0.39, 0.29) is 6.10 Å². The first-order valence-electron chi connectivity index (χ1n) is 11.0. The van der Waals surface area contributed by atoms with Crippen molar-refractivity contribution in [2.75, 3.05) is 46.4 Å². The lowest BCUT2D eigenvalue weighted by molar-refractivity contribution is 0.0707. The Morgan fingerprint density at radius 1 is 0.900 bits per heavy atom. The second kappa shape index (κ2) is 13.4. The quantitative estimate of drug-likeness (QED) is 0.226. The van der Waals surface area contributed by atoms with E-state index < -0.39 is 25.2 Å². The molecular formula is C20H44O7Si3. The molecule has 1 aliphatic rings. The van der Waals surface area contributed by atoms with Gasteiger partial charge in [-0.2, -0.15) is 0 Å². The van der Waals surface area contributed by atoms with Crippen LogP contribution in [0.3, 0.4) is 0 Å². The van der Waals surface area contributed by atoms with Crippen LogP contribution in [0, 0.1) is 0 Å². The third-order valence-corrected chi connectivity index (χ3v) is 15.3. The lowest BCUT2D eigenvalue weighted by Gasteiger charge is -2.38. The van der Waals surface area contributed by atoms with E-state index in [1.54, 1.807) is 7.11 Å². The molecule has 0 aromatic heterocycles. The maximum Gasteiger partial charge on any atom is 0.311 e. The zero-order valence-corrected chi connectivity index (χ0v) is 23.2. The van der Waals surface area contributed by atoms with E-state index in [0.717, 1.165) is 31.9 Å². The Labute approximate surface area is 186 Å². The molecule has 0 spiro atoms. The molecule has 1 atom stereocenters. The molecule has 1 unspecified atom stereocenters. The van der Waals surface area contributed by atoms with E-state index in [1.165, 1.54) is 0 Å². The van der Waals surface area contributed by atoms with Crippen molar-refractivity contribution >= 4 is 25.2 Å². The number of hydrogen-bond donors (Lipinski definition) is 0. The lowest BCUT2D eigenvalue weighted by Crippen LogP contribution is -2.54. The molecule has 10 heteroatoms. The molecule has 1 heterocycles. The zero-order valence-electron chi connectivity index (χ0n) is 20.2. The third kappa shape index (κ3) is 13.3. The van der Waals surface area contributed by atoms with E-state index in [2.05, 4.69) is 45.9 Å². The Kier molecular flexibility index (Phi) is 12.4. The van der Waals surface area contributed by atoms with Crippen molar-refractivity contribution in [3.8, 4) is 0 Å². The molecule has 0 aromatic carbocycles. The van der Waals surface area contributed by atoms with Crippen LogP contribution < -0.4 is 0 Å². The molecule has 0 amide bonds. The first-order valence-corrected chi connectivity index (χ1v) is 20.0. The maximum absolute atomic E-state index is 6.61. The molecule has 0 aromatic rings. The first-order chi connectivity index (χ1) is 13.9. The van der Waals surface area contributed by atoms with E-state index in [9.17, 15) is 0 Å². The predicted octanol–water partition coefficient (Wildman–Crippen LogP) is 4.41. The van der Waals surface area contributed by atoms with Crippen LogP contribution in [-0.2, 0) is 31.9 Å². The summed E-state index contributed by atoms with van der Waals surface area (Å²) in [5.41, 5.74) is 0. The van der Waals surface area contributed by atoms with Crippen molar-refractivity contribution in [3.63, 3.8) is 0 Å². The van der Waals surface area contributed by atoms with Crippen molar-refractivity contribution in [2.45, 2.75) is 70.7 Å². The summed E-state index contributed by atoms with van der Waals surface area (Å²) in [5, 5.41) is 0. The number of rotatable bonds is 17. The van der Waals surface area contributed by atoms with Crippen LogP contribution >= 0.6 is 0 Å². The molecule has 1 rings (SSSR count). The molecule has 0 N–H and O–H groups in total. The fourth-order valence-corrected chi connectivity index (χ4v) is 17.1. The summed E-state index contributed by atoms with van der Waals surface area (Å²) in [5.74, 6) is 0.431. The van der Waals surface area contributed by atoms with E-state index in [0.29, 0.717) is 38.6 Å². The fourth-order valence-electron chi connectivity index (χ4n) is 3.59. The Morgan fingerprint density at radius 2 is 1.57 bits per heavy atom. The maximum atomic E-state index is 6.61. The van der Waals surface area contributed by atoms with Gasteiger partial charge in [0.2, 0.25) is 8.32 Å². The number of hydrogen-bond acceptors (Lipinski definition) is 7. The molecule has 1 aliphatic heterocycles. The van der Waals surface area contributed by atoms with Gasteiger partial charge in [0.15, 0.2) is 8.32 Å². The molecular weight excluding hydrogens is 436 g/mol. The van der Waals surface area contributed by atoms with Gasteiger partial charge >= 0.3 is 8.56 Å². The molecule has 0 saturated carbocycles. The molecule has 7 nitrogen and oxygen atoms in total. The second-order valence-electron chi connectivity index (χ2n) is 9.45. The minimum Gasteiger partial charge on any atom is -0.462 e. The Balaban J connectivity index is 2.25. The largest absolute Gasteiger partial charge is 0.462 e. The van der Waals surface area contributed by atoms with Crippen LogP contribution in [0.2, 0.25) is 45.3 Å². The first kappa shape index (κ1) is 27.8. The minimum atomic E-state index is -2.22. The summed E-state index contributed by atoms with van der Waals surface area (Å²) in [6.07, 6.45) is 3.66. The van der Waals surface area contributed by atoms with Crippen LogP contribution in [0.1, 0.15) is 19.3 Å². The summed E-state index contributed by atoms with van der Waals surface area (Å²) >= 11 is 0. The third-order valence-electron chi connectivity index (χ3n) is 4.54. The zero-order chi connectivity index (χ0) is 22.7. The monoisotopic (exact) mass is 480 g/mol. The standard InChI is InChI=1S/C20H44O7Si3/c1-19-24-17-20(25-19)11-9-12-23-18-29(5,6)27-30(7,8)26-28(3,4)16-10-13-22-15-14-21-2/h20H,1,9-18H2,2-8H3. The van der Waals surface area contributed by atoms with E-state index in [1.807, 2.05) is 0 Å². The van der Waals surface area contributed by atoms with Crippen molar-refractivity contribution < 1.29 is 31.9 Å². The Morgan fingerprint density at radius 3 is 2.20 bits per heavy atom. The smallest absolute Gasteiger partial charge is 0.311 e. The van der Waals surface area contributed by atoms with Gasteiger partial charge in [-0.3, -0.25) is 0 Å². The van der Waals surface area contributed by atoms with Gasteiger partial charge in [0, 0.05) is 20.3 Å². The SMILES string of the molecule is C=C1OCC(CCCOC[Si](C)(C)O[Si](C)(C)O[Si](C)(C)CCCOCCOC)O1. The summed E-state index contributed by atoms with van der Waals surface area (Å²) in [6, 6.07) is 1.07. The average molecular weight is 481 g/mol. The van der Waals surface area contributed by atoms with Gasteiger partial charge in [-0.15, -0.1) is 0 Å². The Bertz CT molecular complexity index is 501. The van der Waals surface area contributed by atoms with Crippen LogP contribution in [0.5, 0.6) is 0 Å². The van der Waals surface area contributed by atoms with E-state index >= 15 is 0 Å². The van der Waals surface area contributed by atoms with Crippen molar-refractivity contribution in [2.24, 2.45) is 0 Å². The highest BCUT2D eigenvalue weighted by molar-refractivity contribution is 6.87. The minimum absolute atomic E-state index is 0.111. The highest BCUT2D eigenvalue weighted by atomic mass is 28.5. The van der Waals surface area contributed by atoms with Crippen molar-refractivity contribution in [1.82, 2.24) is 0 Å². The molecule has 0 bridgehead atoms. The van der Waals surface area contributed by atoms with Crippen molar-refractivity contribution in [3.05, 3.63) is 12.5 Å². The van der Waals surface area contributed by atoms with Gasteiger partial charge in [0.1, 0.15) is 12.7 Å². The van der Waals surface area contributed by atoms with E-state index in [4.69, 9.17) is 31.9 Å². The molecule has 30 heavy (non-hydrogen) atoms. The molecule has 1 fully saturated rings. The lowest BCUT2D eigenvalue weighted by atomic mass is 10.2. The van der Waals surface area contributed by atoms with Crippen molar-refractivity contribution in [1.29, 1.82) is 0 Å². The van der Waals surface area contributed by atoms with Gasteiger partial charge in [-0.25, -0.2) is 0 Å². The fraction of sp³-hybridized carbons (Fsp3) is 0.900. The van der Waals surface area contributed by atoms with Gasteiger partial charge in [0.05, 0.1) is 19.4 Å². The van der Waals surface area contributed by atoms with Gasteiger partial charge in [-0.05, 0) is 71.2 Å².